The molecule has 0 saturated heterocycles. The fourth-order valence-corrected chi connectivity index (χ4v) is 4.74. The van der Waals surface area contributed by atoms with Crippen LogP contribution in [0.3, 0.4) is 0 Å². The van der Waals surface area contributed by atoms with Gasteiger partial charge in [-0.15, -0.1) is 0 Å². The number of benzene rings is 1. The topological polar surface area (TPSA) is 61.9 Å². The number of esters is 1. The number of aromatic nitrogens is 4. The first-order valence-electron chi connectivity index (χ1n) is 10.3. The van der Waals surface area contributed by atoms with E-state index in [0.29, 0.717) is 15.9 Å². The second kappa shape index (κ2) is 9.34. The SMILES string of the molecule is CCCn1cc(-n2c(C)c(Sc3cccc(C(=O)OCC)n3)c3ccc(Cl)c(F)c32)cn1. The van der Waals surface area contributed by atoms with Crippen LogP contribution in [0, 0.1) is 12.7 Å². The molecule has 0 spiro atoms. The summed E-state index contributed by atoms with van der Waals surface area (Å²) in [5.41, 5.74) is 2.19. The Morgan fingerprint density at radius 1 is 1.25 bits per heavy atom. The summed E-state index contributed by atoms with van der Waals surface area (Å²) in [4.78, 5) is 17.3. The highest BCUT2D eigenvalue weighted by Crippen LogP contribution is 2.41. The van der Waals surface area contributed by atoms with Gasteiger partial charge >= 0.3 is 5.97 Å². The van der Waals surface area contributed by atoms with Crippen molar-refractivity contribution in [1.82, 2.24) is 19.3 Å². The van der Waals surface area contributed by atoms with E-state index in [-0.39, 0.29) is 17.3 Å². The van der Waals surface area contributed by atoms with Crippen molar-refractivity contribution >= 4 is 40.2 Å². The van der Waals surface area contributed by atoms with Crippen molar-refractivity contribution in [3.8, 4) is 5.69 Å². The van der Waals surface area contributed by atoms with Crippen molar-refractivity contribution in [2.75, 3.05) is 6.61 Å². The Labute approximate surface area is 194 Å². The van der Waals surface area contributed by atoms with E-state index in [9.17, 15) is 4.79 Å². The van der Waals surface area contributed by atoms with Crippen LogP contribution in [0.1, 0.15) is 36.5 Å². The number of hydrogen-bond donors (Lipinski definition) is 0. The number of pyridine rings is 1. The number of fused-ring (bicyclic) bond motifs is 1. The maximum absolute atomic E-state index is 15.2. The Bertz CT molecular complexity index is 1300. The summed E-state index contributed by atoms with van der Waals surface area (Å²) in [5.74, 6) is -0.967. The molecule has 9 heteroatoms. The molecule has 4 aromatic rings. The van der Waals surface area contributed by atoms with Crippen molar-refractivity contribution in [2.24, 2.45) is 0 Å². The number of ether oxygens (including phenoxy) is 1. The maximum Gasteiger partial charge on any atom is 0.356 e. The predicted molar refractivity (Wildman–Crippen MR) is 123 cm³/mol. The first-order valence-corrected chi connectivity index (χ1v) is 11.5. The van der Waals surface area contributed by atoms with Gasteiger partial charge in [-0.2, -0.15) is 5.10 Å². The minimum absolute atomic E-state index is 0.0520. The third-order valence-corrected chi connectivity index (χ3v) is 6.39. The van der Waals surface area contributed by atoms with E-state index in [0.717, 1.165) is 29.2 Å². The van der Waals surface area contributed by atoms with Crippen LogP contribution in [0.25, 0.3) is 16.6 Å². The average molecular weight is 473 g/mol. The maximum atomic E-state index is 15.2. The van der Waals surface area contributed by atoms with Crippen molar-refractivity contribution in [3.63, 3.8) is 0 Å². The van der Waals surface area contributed by atoms with Crippen LogP contribution in [-0.2, 0) is 11.3 Å². The molecule has 0 bridgehead atoms. The van der Waals surface area contributed by atoms with Gasteiger partial charge < -0.3 is 9.30 Å². The van der Waals surface area contributed by atoms with Crippen LogP contribution in [0.2, 0.25) is 5.02 Å². The van der Waals surface area contributed by atoms with Crippen LogP contribution >= 0.6 is 23.4 Å². The summed E-state index contributed by atoms with van der Waals surface area (Å²) in [6.45, 7) is 6.78. The summed E-state index contributed by atoms with van der Waals surface area (Å²) in [5, 5.41) is 5.76. The van der Waals surface area contributed by atoms with E-state index in [2.05, 4.69) is 17.0 Å². The van der Waals surface area contributed by atoms with Gasteiger partial charge in [-0.1, -0.05) is 36.4 Å². The molecular weight excluding hydrogens is 451 g/mol. The lowest BCUT2D eigenvalue weighted by molar-refractivity contribution is 0.0518. The molecule has 0 aliphatic heterocycles. The number of nitrogens with zero attached hydrogens (tertiary/aromatic N) is 4. The first-order chi connectivity index (χ1) is 15.4. The molecule has 0 fully saturated rings. The minimum atomic E-state index is -0.490. The number of aryl methyl sites for hydroxylation is 1. The standard InChI is InChI=1S/C23H22ClFN4O2S/c1-4-11-28-13-15(12-26-28)29-14(3)22(16-9-10-17(24)20(25)21(16)29)32-19-8-6-7-18(27-19)23(30)31-5-2/h6-10,12-13H,4-5,11H2,1-3H3. The summed E-state index contributed by atoms with van der Waals surface area (Å²) in [7, 11) is 0. The third kappa shape index (κ3) is 4.12. The predicted octanol–water partition coefficient (Wildman–Crippen LogP) is 6.06. The largest absolute Gasteiger partial charge is 0.461 e. The van der Waals surface area contributed by atoms with Gasteiger partial charge in [0.05, 0.1) is 29.0 Å². The van der Waals surface area contributed by atoms with Gasteiger partial charge in [0, 0.05) is 28.7 Å². The zero-order chi connectivity index (χ0) is 22.8. The number of carbonyl (C=O) groups is 1. The van der Waals surface area contributed by atoms with Crippen LogP contribution in [0.4, 0.5) is 4.39 Å². The Balaban J connectivity index is 1.84. The minimum Gasteiger partial charge on any atom is -0.461 e. The molecule has 3 heterocycles. The van der Waals surface area contributed by atoms with E-state index < -0.39 is 11.8 Å². The lowest BCUT2D eigenvalue weighted by Gasteiger charge is -2.07. The molecule has 0 amide bonds. The molecule has 0 radical (unpaired) electrons. The van der Waals surface area contributed by atoms with E-state index in [1.807, 2.05) is 28.4 Å². The van der Waals surface area contributed by atoms with Gasteiger partial charge in [0.15, 0.2) is 5.82 Å². The summed E-state index contributed by atoms with van der Waals surface area (Å²) >= 11 is 7.49. The Kier molecular flexibility index (Phi) is 6.53. The zero-order valence-electron chi connectivity index (χ0n) is 17.9. The number of carbonyl (C=O) groups excluding carboxylic acids is 1. The molecule has 32 heavy (non-hydrogen) atoms. The third-order valence-electron chi connectivity index (χ3n) is 4.95. The Morgan fingerprint density at radius 3 is 2.81 bits per heavy atom. The molecule has 0 atom stereocenters. The summed E-state index contributed by atoms with van der Waals surface area (Å²) in [6, 6.07) is 8.53. The second-order valence-corrected chi connectivity index (χ2v) is 8.59. The van der Waals surface area contributed by atoms with Crippen LogP contribution in [0.5, 0.6) is 0 Å². The van der Waals surface area contributed by atoms with Crippen LogP contribution in [0.15, 0.2) is 52.6 Å². The van der Waals surface area contributed by atoms with E-state index in [1.54, 1.807) is 37.4 Å². The molecule has 6 nitrogen and oxygen atoms in total. The van der Waals surface area contributed by atoms with Gasteiger partial charge in [-0.3, -0.25) is 4.68 Å². The molecule has 1 aromatic carbocycles. The van der Waals surface area contributed by atoms with Gasteiger partial charge in [-0.25, -0.2) is 14.2 Å². The summed E-state index contributed by atoms with van der Waals surface area (Å²) < 4.78 is 23.9. The normalized spacial score (nSPS) is 11.3. The molecule has 0 aliphatic carbocycles. The Morgan fingerprint density at radius 2 is 2.06 bits per heavy atom. The highest BCUT2D eigenvalue weighted by molar-refractivity contribution is 7.99. The number of halogens is 2. The molecule has 0 N–H and O–H groups in total. The zero-order valence-corrected chi connectivity index (χ0v) is 19.5. The molecule has 166 valence electrons. The van der Waals surface area contributed by atoms with Gasteiger partial charge in [0.25, 0.3) is 0 Å². The van der Waals surface area contributed by atoms with Crippen LogP contribution in [-0.4, -0.2) is 31.9 Å². The van der Waals surface area contributed by atoms with Crippen LogP contribution < -0.4 is 0 Å². The van der Waals surface area contributed by atoms with Crippen molar-refractivity contribution in [1.29, 1.82) is 0 Å². The van der Waals surface area contributed by atoms with Gasteiger partial charge in [0.2, 0.25) is 0 Å². The van der Waals surface area contributed by atoms with E-state index in [4.69, 9.17) is 16.3 Å². The summed E-state index contributed by atoms with van der Waals surface area (Å²) in [6.07, 6.45) is 4.55. The molecule has 0 aliphatic rings. The fourth-order valence-electron chi connectivity index (χ4n) is 3.57. The monoisotopic (exact) mass is 472 g/mol. The van der Waals surface area contributed by atoms with E-state index in [1.165, 1.54) is 11.8 Å². The molecule has 3 aromatic heterocycles. The highest BCUT2D eigenvalue weighted by Gasteiger charge is 2.22. The number of hydrogen-bond acceptors (Lipinski definition) is 5. The first kappa shape index (κ1) is 22.4. The fraction of sp³-hybridized carbons (Fsp3) is 0.261. The van der Waals surface area contributed by atoms with E-state index >= 15 is 4.39 Å². The quantitative estimate of drug-likeness (QED) is 0.306. The number of rotatable bonds is 7. The molecule has 0 saturated carbocycles. The van der Waals surface area contributed by atoms with Crippen molar-refractivity contribution in [2.45, 2.75) is 43.7 Å². The molecular formula is C23H22ClFN4O2S. The Hall–Kier alpha value is -2.84. The second-order valence-electron chi connectivity index (χ2n) is 7.15. The van der Waals surface area contributed by atoms with Crippen molar-refractivity contribution in [3.05, 3.63) is 65.0 Å². The molecule has 4 rings (SSSR count). The molecule has 0 unspecified atom stereocenters. The lowest BCUT2D eigenvalue weighted by Crippen LogP contribution is -2.07. The smallest absolute Gasteiger partial charge is 0.356 e. The van der Waals surface area contributed by atoms with Gasteiger partial charge in [0.1, 0.15) is 10.7 Å². The average Bonchev–Trinajstić information content (AvgIpc) is 3.34. The highest BCUT2D eigenvalue weighted by atomic mass is 35.5. The van der Waals surface area contributed by atoms with Crippen molar-refractivity contribution < 1.29 is 13.9 Å². The lowest BCUT2D eigenvalue weighted by atomic mass is 10.2. The van der Waals surface area contributed by atoms with Gasteiger partial charge in [-0.05, 0) is 44.5 Å².